The number of thiazole rings is 1. The van der Waals surface area contributed by atoms with Gasteiger partial charge in [0.2, 0.25) is 0 Å². The third-order valence-corrected chi connectivity index (χ3v) is 7.50. The lowest BCUT2D eigenvalue weighted by molar-refractivity contribution is -0.157. The molecule has 1 amide bonds. The van der Waals surface area contributed by atoms with Crippen molar-refractivity contribution in [1.82, 2.24) is 9.88 Å². The minimum atomic E-state index is -0.800. The summed E-state index contributed by atoms with van der Waals surface area (Å²) in [5.41, 5.74) is 0.763. The fourth-order valence-corrected chi connectivity index (χ4v) is 6.58. The zero-order valence-electron chi connectivity index (χ0n) is 16.0. The molecule has 4 bridgehead atoms. The molecule has 0 unspecified atom stereocenters. The summed E-state index contributed by atoms with van der Waals surface area (Å²) in [7, 11) is 0. The Bertz CT molecular complexity index is 761. The Labute approximate surface area is 163 Å². The van der Waals surface area contributed by atoms with Crippen LogP contribution in [0.1, 0.15) is 57.6 Å². The summed E-state index contributed by atoms with van der Waals surface area (Å²) in [6.07, 6.45) is 6.48. The van der Waals surface area contributed by atoms with Crippen molar-refractivity contribution in [3.63, 3.8) is 0 Å². The van der Waals surface area contributed by atoms with Gasteiger partial charge in [-0.1, -0.05) is 11.3 Å². The first-order valence-corrected chi connectivity index (χ1v) is 10.9. The molecule has 1 atom stereocenters. The molecular formula is C20H28N2O4S. The second-order valence-corrected chi connectivity index (χ2v) is 9.68. The minimum absolute atomic E-state index is 0.0758. The molecule has 1 N–H and O–H groups in total. The molecule has 0 aromatic carbocycles. The van der Waals surface area contributed by atoms with Crippen molar-refractivity contribution in [1.29, 1.82) is 0 Å². The van der Waals surface area contributed by atoms with Crippen molar-refractivity contribution in [2.75, 3.05) is 0 Å². The van der Waals surface area contributed by atoms with Crippen LogP contribution >= 0.6 is 11.3 Å². The van der Waals surface area contributed by atoms with Gasteiger partial charge in [-0.15, -0.1) is 0 Å². The van der Waals surface area contributed by atoms with Crippen LogP contribution in [0.25, 0.3) is 0 Å². The summed E-state index contributed by atoms with van der Waals surface area (Å²) in [5, 5.41) is 5.02. The Balaban J connectivity index is 1.29. The minimum Gasteiger partial charge on any atom is -0.452 e. The average Bonchev–Trinajstić information content (AvgIpc) is 2.89. The van der Waals surface area contributed by atoms with E-state index in [0.717, 1.165) is 54.0 Å². The fourth-order valence-electron chi connectivity index (χ4n) is 5.81. The molecule has 1 aromatic rings. The van der Waals surface area contributed by atoms with E-state index >= 15 is 0 Å². The zero-order valence-corrected chi connectivity index (χ0v) is 16.8. The maximum absolute atomic E-state index is 12.7. The Kier molecular flexibility index (Phi) is 4.91. The highest BCUT2D eigenvalue weighted by Gasteiger charge is 2.51. The Morgan fingerprint density at radius 3 is 2.37 bits per heavy atom. The van der Waals surface area contributed by atoms with E-state index in [-0.39, 0.29) is 29.3 Å². The first-order valence-electron chi connectivity index (χ1n) is 10.00. The second kappa shape index (κ2) is 7.08. The Morgan fingerprint density at radius 1 is 1.26 bits per heavy atom. The van der Waals surface area contributed by atoms with Crippen molar-refractivity contribution in [3.8, 4) is 0 Å². The molecule has 4 aliphatic carbocycles. The van der Waals surface area contributed by atoms with E-state index in [1.807, 2.05) is 6.92 Å². The van der Waals surface area contributed by atoms with Crippen molar-refractivity contribution in [2.45, 2.75) is 77.0 Å². The van der Waals surface area contributed by atoms with Crippen molar-refractivity contribution in [3.05, 3.63) is 20.7 Å². The quantitative estimate of drug-likeness (QED) is 0.755. The molecule has 1 heterocycles. The lowest BCUT2D eigenvalue weighted by Gasteiger charge is -2.57. The predicted molar refractivity (Wildman–Crippen MR) is 103 cm³/mol. The van der Waals surface area contributed by atoms with Gasteiger partial charge in [-0.05, 0) is 70.1 Å². The van der Waals surface area contributed by atoms with Crippen LogP contribution in [0.3, 0.4) is 0 Å². The van der Waals surface area contributed by atoms with Crippen LogP contribution in [0.4, 0.5) is 0 Å². The highest BCUT2D eigenvalue weighted by atomic mass is 32.1. The van der Waals surface area contributed by atoms with Gasteiger partial charge in [0, 0.05) is 23.2 Å². The molecule has 1 aromatic heterocycles. The standard InChI is InChI=1S/C20H28N2O4S/c1-12-11-27-19(25)22(12)4-3-17(23)26-13(2)18(24)21-20-8-14-5-15(9-20)7-16(6-14)10-20/h11,13-16H,3-10H2,1-2H3,(H,21,24)/t13-,14?,15?,16?,20?/m0/s1. The largest absolute Gasteiger partial charge is 0.452 e. The van der Waals surface area contributed by atoms with Crippen LogP contribution in [0.5, 0.6) is 0 Å². The Morgan fingerprint density at radius 2 is 1.85 bits per heavy atom. The molecule has 5 rings (SSSR count). The number of aromatic nitrogens is 1. The number of carbonyl (C=O) groups is 2. The molecule has 0 saturated heterocycles. The van der Waals surface area contributed by atoms with Gasteiger partial charge in [0.15, 0.2) is 6.10 Å². The van der Waals surface area contributed by atoms with Crippen LogP contribution in [-0.2, 0) is 20.9 Å². The first kappa shape index (κ1) is 18.7. The van der Waals surface area contributed by atoms with E-state index in [9.17, 15) is 14.4 Å². The number of aryl methyl sites for hydroxylation is 1. The highest BCUT2D eigenvalue weighted by molar-refractivity contribution is 7.07. The van der Waals surface area contributed by atoms with E-state index in [1.165, 1.54) is 19.3 Å². The highest BCUT2D eigenvalue weighted by Crippen LogP contribution is 2.55. The van der Waals surface area contributed by atoms with Crippen LogP contribution in [0.15, 0.2) is 10.2 Å². The fraction of sp³-hybridized carbons (Fsp3) is 0.750. The molecule has 27 heavy (non-hydrogen) atoms. The molecule has 7 heteroatoms. The number of esters is 1. The van der Waals surface area contributed by atoms with E-state index in [2.05, 4.69) is 5.32 Å². The summed E-state index contributed by atoms with van der Waals surface area (Å²) in [6, 6.07) is 0. The van der Waals surface area contributed by atoms with Gasteiger partial charge in [0.25, 0.3) is 5.91 Å². The average molecular weight is 393 g/mol. The predicted octanol–water partition coefficient (Wildman–Crippen LogP) is 2.63. The molecular weight excluding hydrogens is 364 g/mol. The van der Waals surface area contributed by atoms with Gasteiger partial charge in [-0.2, -0.15) is 0 Å². The van der Waals surface area contributed by atoms with Crippen molar-refractivity contribution < 1.29 is 14.3 Å². The number of ether oxygens (including phenoxy) is 1. The van der Waals surface area contributed by atoms with Gasteiger partial charge in [0.1, 0.15) is 0 Å². The number of rotatable bonds is 6. The van der Waals surface area contributed by atoms with Crippen LogP contribution in [0, 0.1) is 24.7 Å². The number of amides is 1. The lowest BCUT2D eigenvalue weighted by Crippen LogP contribution is -2.61. The topological polar surface area (TPSA) is 77.4 Å². The maximum Gasteiger partial charge on any atom is 0.308 e. The van der Waals surface area contributed by atoms with Crippen LogP contribution < -0.4 is 10.2 Å². The second-order valence-electron chi connectivity index (χ2n) is 8.86. The van der Waals surface area contributed by atoms with E-state index in [0.29, 0.717) is 0 Å². The molecule has 4 saturated carbocycles. The van der Waals surface area contributed by atoms with Gasteiger partial charge in [-0.25, -0.2) is 0 Å². The van der Waals surface area contributed by atoms with E-state index in [4.69, 9.17) is 4.74 Å². The van der Waals surface area contributed by atoms with Crippen molar-refractivity contribution >= 4 is 23.2 Å². The summed E-state index contributed by atoms with van der Waals surface area (Å²) < 4.78 is 6.90. The molecule has 0 spiro atoms. The third kappa shape index (κ3) is 3.84. The summed E-state index contributed by atoms with van der Waals surface area (Å²) in [4.78, 5) is 36.4. The molecule has 4 aliphatic rings. The number of hydrogen-bond acceptors (Lipinski definition) is 5. The number of nitrogens with zero attached hydrogens (tertiary/aromatic N) is 1. The molecule has 6 nitrogen and oxygen atoms in total. The monoisotopic (exact) mass is 392 g/mol. The third-order valence-electron chi connectivity index (χ3n) is 6.62. The molecule has 4 fully saturated rings. The molecule has 0 aliphatic heterocycles. The van der Waals surface area contributed by atoms with E-state index < -0.39 is 12.1 Å². The maximum atomic E-state index is 12.7. The van der Waals surface area contributed by atoms with Gasteiger partial charge >= 0.3 is 10.8 Å². The Hall–Kier alpha value is -1.63. The first-order chi connectivity index (χ1) is 12.8. The van der Waals surface area contributed by atoms with Gasteiger partial charge in [-0.3, -0.25) is 14.4 Å². The zero-order chi connectivity index (χ0) is 19.2. The lowest BCUT2D eigenvalue weighted by atomic mass is 9.53. The van der Waals surface area contributed by atoms with Crippen LogP contribution in [0.2, 0.25) is 0 Å². The van der Waals surface area contributed by atoms with E-state index in [1.54, 1.807) is 16.9 Å². The normalized spacial score (nSPS) is 32.3. The summed E-state index contributed by atoms with van der Waals surface area (Å²) >= 11 is 1.12. The van der Waals surface area contributed by atoms with Crippen LogP contribution in [-0.4, -0.2) is 28.1 Å². The smallest absolute Gasteiger partial charge is 0.308 e. The number of carbonyl (C=O) groups excluding carboxylic acids is 2. The molecule has 148 valence electrons. The van der Waals surface area contributed by atoms with Gasteiger partial charge < -0.3 is 14.6 Å². The number of nitrogens with one attached hydrogen (secondary N) is 1. The SMILES string of the molecule is Cc1csc(=O)n1CCC(=O)O[C@@H](C)C(=O)NC12CC3CC(CC(C3)C1)C2. The summed E-state index contributed by atoms with van der Waals surface area (Å²) in [5.74, 6) is 1.62. The van der Waals surface area contributed by atoms with Gasteiger partial charge in [0.05, 0.1) is 6.42 Å². The van der Waals surface area contributed by atoms with Crippen molar-refractivity contribution in [2.24, 2.45) is 17.8 Å². The summed E-state index contributed by atoms with van der Waals surface area (Å²) in [6.45, 7) is 3.76. The number of hydrogen-bond donors (Lipinski definition) is 1. The molecule has 0 radical (unpaired) electrons.